The minimum atomic E-state index is -1.05. The molecule has 0 aromatic heterocycles. The standard InChI is InChI=1S/C7H12O3/c1-7(10)3-2-5(8)4-6(7)9/h6,9-10H,2-4H2,1H3/t6-,7+/m0/s1. The molecule has 0 aromatic carbocycles. The number of ketones is 1. The van der Waals surface area contributed by atoms with E-state index in [-0.39, 0.29) is 12.2 Å². The van der Waals surface area contributed by atoms with Gasteiger partial charge in [0.1, 0.15) is 5.78 Å². The lowest BCUT2D eigenvalue weighted by Crippen LogP contribution is -2.44. The van der Waals surface area contributed by atoms with Crippen molar-refractivity contribution in [1.82, 2.24) is 0 Å². The number of hydrogen-bond acceptors (Lipinski definition) is 3. The number of hydrogen-bond donors (Lipinski definition) is 2. The summed E-state index contributed by atoms with van der Waals surface area (Å²) in [6, 6.07) is 0. The Labute approximate surface area is 59.7 Å². The molecule has 1 rings (SSSR count). The van der Waals surface area contributed by atoms with Gasteiger partial charge in [0.15, 0.2) is 0 Å². The lowest BCUT2D eigenvalue weighted by atomic mass is 9.83. The van der Waals surface area contributed by atoms with Crippen LogP contribution >= 0.6 is 0 Å². The molecule has 1 saturated carbocycles. The van der Waals surface area contributed by atoms with Gasteiger partial charge in [-0.2, -0.15) is 0 Å². The van der Waals surface area contributed by atoms with Crippen LogP contribution in [0.1, 0.15) is 26.2 Å². The lowest BCUT2D eigenvalue weighted by molar-refractivity contribution is -0.137. The van der Waals surface area contributed by atoms with Gasteiger partial charge in [0.2, 0.25) is 0 Å². The van der Waals surface area contributed by atoms with Crippen molar-refractivity contribution in [3.8, 4) is 0 Å². The van der Waals surface area contributed by atoms with Crippen LogP contribution in [0.5, 0.6) is 0 Å². The number of rotatable bonds is 0. The Hall–Kier alpha value is -0.410. The third-order valence-corrected chi connectivity index (χ3v) is 2.05. The monoisotopic (exact) mass is 144 g/mol. The maximum Gasteiger partial charge on any atom is 0.135 e. The summed E-state index contributed by atoms with van der Waals surface area (Å²) in [5.41, 5.74) is -1.05. The van der Waals surface area contributed by atoms with Gasteiger partial charge in [-0.15, -0.1) is 0 Å². The Balaban J connectivity index is 2.60. The third-order valence-electron chi connectivity index (χ3n) is 2.05. The highest BCUT2D eigenvalue weighted by atomic mass is 16.3. The van der Waals surface area contributed by atoms with Crippen molar-refractivity contribution in [3.05, 3.63) is 0 Å². The zero-order valence-corrected chi connectivity index (χ0v) is 6.00. The van der Waals surface area contributed by atoms with Crippen LogP contribution in [0.15, 0.2) is 0 Å². The van der Waals surface area contributed by atoms with Crippen molar-refractivity contribution in [2.45, 2.75) is 37.9 Å². The average molecular weight is 144 g/mol. The van der Waals surface area contributed by atoms with E-state index in [0.717, 1.165) is 0 Å². The van der Waals surface area contributed by atoms with E-state index in [2.05, 4.69) is 0 Å². The van der Waals surface area contributed by atoms with E-state index in [1.165, 1.54) is 0 Å². The number of carbonyl (C=O) groups excluding carboxylic acids is 1. The van der Waals surface area contributed by atoms with Crippen molar-refractivity contribution in [3.63, 3.8) is 0 Å². The molecular weight excluding hydrogens is 132 g/mol. The highest BCUT2D eigenvalue weighted by Gasteiger charge is 2.36. The molecule has 0 radical (unpaired) electrons. The summed E-state index contributed by atoms with van der Waals surface area (Å²) in [6.07, 6.45) is 0.0121. The minimum absolute atomic E-state index is 0.0408. The Kier molecular flexibility index (Phi) is 1.79. The van der Waals surface area contributed by atoms with Gasteiger partial charge in [-0.05, 0) is 13.3 Å². The molecule has 1 aliphatic carbocycles. The molecule has 1 aliphatic rings. The van der Waals surface area contributed by atoms with E-state index in [0.29, 0.717) is 12.8 Å². The van der Waals surface area contributed by atoms with Gasteiger partial charge in [0.05, 0.1) is 11.7 Å². The Bertz CT molecular complexity index is 151. The molecule has 2 N–H and O–H groups in total. The zero-order chi connectivity index (χ0) is 7.78. The van der Waals surface area contributed by atoms with Crippen LogP contribution in [0, 0.1) is 0 Å². The molecule has 0 unspecified atom stereocenters. The first kappa shape index (κ1) is 7.69. The Morgan fingerprint density at radius 2 is 2.30 bits per heavy atom. The largest absolute Gasteiger partial charge is 0.390 e. The molecule has 0 aliphatic heterocycles. The van der Waals surface area contributed by atoms with Gasteiger partial charge >= 0.3 is 0 Å². The molecule has 3 nitrogen and oxygen atoms in total. The van der Waals surface area contributed by atoms with Crippen LogP contribution in [0.3, 0.4) is 0 Å². The summed E-state index contributed by atoms with van der Waals surface area (Å²) in [4.78, 5) is 10.7. The minimum Gasteiger partial charge on any atom is -0.390 e. The van der Waals surface area contributed by atoms with Gasteiger partial charge in [-0.3, -0.25) is 4.79 Å². The number of carbonyl (C=O) groups is 1. The molecule has 0 spiro atoms. The molecule has 0 heterocycles. The van der Waals surface area contributed by atoms with Crippen molar-refractivity contribution in [2.75, 3.05) is 0 Å². The van der Waals surface area contributed by atoms with E-state index < -0.39 is 11.7 Å². The molecule has 0 amide bonds. The van der Waals surface area contributed by atoms with Gasteiger partial charge in [0, 0.05) is 12.8 Å². The molecule has 0 bridgehead atoms. The maximum atomic E-state index is 10.7. The van der Waals surface area contributed by atoms with Crippen LogP contribution in [-0.2, 0) is 4.79 Å². The van der Waals surface area contributed by atoms with E-state index in [1.54, 1.807) is 6.92 Å². The smallest absolute Gasteiger partial charge is 0.135 e. The van der Waals surface area contributed by atoms with Crippen molar-refractivity contribution >= 4 is 5.78 Å². The zero-order valence-electron chi connectivity index (χ0n) is 6.00. The van der Waals surface area contributed by atoms with Crippen molar-refractivity contribution in [1.29, 1.82) is 0 Å². The predicted molar refractivity (Wildman–Crippen MR) is 35.5 cm³/mol. The van der Waals surface area contributed by atoms with E-state index in [9.17, 15) is 9.90 Å². The van der Waals surface area contributed by atoms with E-state index in [4.69, 9.17) is 5.11 Å². The summed E-state index contributed by atoms with van der Waals surface area (Å²) in [5.74, 6) is 0.0408. The molecule has 2 atom stereocenters. The van der Waals surface area contributed by atoms with Gasteiger partial charge in [-0.25, -0.2) is 0 Å². The van der Waals surface area contributed by atoms with Gasteiger partial charge < -0.3 is 10.2 Å². The lowest BCUT2D eigenvalue weighted by Gasteiger charge is -2.32. The average Bonchev–Trinajstić information content (AvgIpc) is 1.81. The van der Waals surface area contributed by atoms with Gasteiger partial charge in [-0.1, -0.05) is 0 Å². The fourth-order valence-electron chi connectivity index (χ4n) is 1.10. The second kappa shape index (κ2) is 2.32. The first-order valence-corrected chi connectivity index (χ1v) is 3.44. The van der Waals surface area contributed by atoms with Crippen LogP contribution in [-0.4, -0.2) is 27.7 Å². The quantitative estimate of drug-likeness (QED) is 0.497. The van der Waals surface area contributed by atoms with Crippen molar-refractivity contribution in [2.24, 2.45) is 0 Å². The second-order valence-electron chi connectivity index (χ2n) is 3.12. The maximum absolute atomic E-state index is 10.7. The van der Waals surface area contributed by atoms with Crippen LogP contribution in [0.2, 0.25) is 0 Å². The first-order valence-electron chi connectivity index (χ1n) is 3.44. The highest BCUT2D eigenvalue weighted by molar-refractivity contribution is 5.80. The molecule has 1 fully saturated rings. The number of Topliss-reactive ketones (excluding diaryl/α,β-unsaturated/α-hetero) is 1. The third kappa shape index (κ3) is 1.36. The molecule has 58 valence electrons. The fraction of sp³-hybridized carbons (Fsp3) is 0.857. The fourth-order valence-corrected chi connectivity index (χ4v) is 1.10. The normalized spacial score (nSPS) is 41.9. The first-order chi connectivity index (χ1) is 4.52. The Morgan fingerprint density at radius 3 is 2.70 bits per heavy atom. The summed E-state index contributed by atoms with van der Waals surface area (Å²) in [6.45, 7) is 1.56. The second-order valence-corrected chi connectivity index (χ2v) is 3.12. The van der Waals surface area contributed by atoms with E-state index in [1.807, 2.05) is 0 Å². The summed E-state index contributed by atoms with van der Waals surface area (Å²) in [5, 5.41) is 18.5. The van der Waals surface area contributed by atoms with Crippen LogP contribution < -0.4 is 0 Å². The van der Waals surface area contributed by atoms with Crippen molar-refractivity contribution < 1.29 is 15.0 Å². The summed E-state index contributed by atoms with van der Waals surface area (Å²) >= 11 is 0. The molecular formula is C7H12O3. The van der Waals surface area contributed by atoms with Crippen LogP contribution in [0.4, 0.5) is 0 Å². The molecule has 0 saturated heterocycles. The molecule has 0 aromatic rings. The number of aliphatic hydroxyl groups excluding tert-OH is 1. The van der Waals surface area contributed by atoms with Crippen LogP contribution in [0.25, 0.3) is 0 Å². The highest BCUT2D eigenvalue weighted by Crippen LogP contribution is 2.25. The summed E-state index contributed by atoms with van der Waals surface area (Å²) < 4.78 is 0. The van der Waals surface area contributed by atoms with E-state index >= 15 is 0 Å². The SMILES string of the molecule is C[C@@]1(O)CCC(=O)C[C@@H]1O. The van der Waals surface area contributed by atoms with Gasteiger partial charge in [0.25, 0.3) is 0 Å². The molecule has 3 heteroatoms. The summed E-state index contributed by atoms with van der Waals surface area (Å²) in [7, 11) is 0. The topological polar surface area (TPSA) is 57.5 Å². The predicted octanol–water partition coefficient (Wildman–Crippen LogP) is -0.149. The Morgan fingerprint density at radius 1 is 1.70 bits per heavy atom. The molecule has 10 heavy (non-hydrogen) atoms. The number of aliphatic hydroxyl groups is 2.